The number of fused-ring (bicyclic) bond motifs is 2. The summed E-state index contributed by atoms with van der Waals surface area (Å²) in [4.78, 5) is 0. The number of rotatable bonds is 2. The van der Waals surface area contributed by atoms with Gasteiger partial charge in [0.1, 0.15) is 0 Å². The first-order valence-electron chi connectivity index (χ1n) is 11.0. The molecule has 5 rings (SSSR count). The van der Waals surface area contributed by atoms with Gasteiger partial charge >= 0.3 is 81.9 Å². The van der Waals surface area contributed by atoms with Crippen molar-refractivity contribution in [1.29, 1.82) is 0 Å². The normalized spacial score (nSPS) is 10.2. The minimum atomic E-state index is -1.60. The quantitative estimate of drug-likeness (QED) is 0.160. The zero-order chi connectivity index (χ0) is 23.8. The first kappa shape index (κ1) is 26.0. The Balaban J connectivity index is 0.000000139. The molecule has 5 aromatic rings. The molecule has 0 aromatic heterocycles. The van der Waals surface area contributed by atoms with Crippen molar-refractivity contribution in [2.75, 3.05) is 0 Å². The van der Waals surface area contributed by atoms with E-state index in [0.717, 1.165) is 13.0 Å². The fourth-order valence-corrected chi connectivity index (χ4v) is 7.66. The van der Waals surface area contributed by atoms with Crippen molar-refractivity contribution in [3.05, 3.63) is 119 Å². The molecule has 0 spiro atoms. The van der Waals surface area contributed by atoms with Crippen LogP contribution in [0.4, 0.5) is 0 Å². The maximum atomic E-state index is 5.77. The van der Waals surface area contributed by atoms with Crippen LogP contribution in [0.3, 0.4) is 0 Å². The van der Waals surface area contributed by atoms with Crippen LogP contribution in [0.2, 0.25) is 0 Å². The van der Waals surface area contributed by atoms with E-state index in [1.807, 2.05) is 18.2 Å². The van der Waals surface area contributed by atoms with Crippen molar-refractivity contribution < 1.29 is 14.5 Å². The Kier molecular flexibility index (Phi) is 10.0. The third kappa shape index (κ3) is 7.98. The molecule has 0 fully saturated rings. The molecule has 0 N–H and O–H groups in total. The fourth-order valence-electron chi connectivity index (χ4n) is 3.85. The zero-order valence-electron chi connectivity index (χ0n) is 19.6. The van der Waals surface area contributed by atoms with Gasteiger partial charge in [0.25, 0.3) is 0 Å². The van der Waals surface area contributed by atoms with Gasteiger partial charge in [0.2, 0.25) is 0 Å². The van der Waals surface area contributed by atoms with Gasteiger partial charge in [0, 0.05) is 0 Å². The van der Waals surface area contributed by atoms with Crippen LogP contribution in [0.15, 0.2) is 91.0 Å². The molecular formula is C29H29Cl2SiTi-2. The molecule has 0 bridgehead atoms. The van der Waals surface area contributed by atoms with Gasteiger partial charge in [0.05, 0.1) is 0 Å². The summed E-state index contributed by atoms with van der Waals surface area (Å²) < 4.78 is 0. The molecule has 0 saturated carbocycles. The van der Waals surface area contributed by atoms with Crippen LogP contribution in [0, 0.1) is 27.7 Å². The molecule has 5 aromatic carbocycles. The topological polar surface area (TPSA) is 0 Å². The fraction of sp³-hybridized carbons (Fsp3) is 0.172. The van der Waals surface area contributed by atoms with E-state index in [0.29, 0.717) is 0 Å². The van der Waals surface area contributed by atoms with Crippen LogP contribution in [-0.4, -0.2) is 6.91 Å². The first-order valence-corrected chi connectivity index (χ1v) is 18.9. The molecule has 169 valence electrons. The molecule has 0 amide bonds. The molecule has 33 heavy (non-hydrogen) atoms. The third-order valence-corrected chi connectivity index (χ3v) is 11.7. The van der Waals surface area contributed by atoms with Crippen LogP contribution in [-0.2, 0) is 20.5 Å². The summed E-state index contributed by atoms with van der Waals surface area (Å²) in [6.07, 6.45) is 0. The standard InChI is InChI=1S/2C11H11.C7H7Si.2ClH.Ti/c2*1-8-6-10-5-3-4-9(2)11(10)7-8;8-6-7-4-2-1-3-5-7;;;/h2*3-7H,1-2H3;1-5H,6H2;2*1H;/q2*-1;;;;+2/p-2. The van der Waals surface area contributed by atoms with E-state index >= 15 is 0 Å². The predicted molar refractivity (Wildman–Crippen MR) is 146 cm³/mol. The molecule has 0 aliphatic heterocycles. The molecule has 1 radical (unpaired) electrons. The molecule has 0 aliphatic rings. The summed E-state index contributed by atoms with van der Waals surface area (Å²) in [5.74, 6) is 0. The maximum absolute atomic E-state index is 5.77. The second kappa shape index (κ2) is 12.7. The van der Waals surface area contributed by atoms with Gasteiger partial charge in [-0.05, 0) is 13.8 Å². The Morgan fingerprint density at radius 1 is 0.667 bits per heavy atom. The Labute approximate surface area is 212 Å². The number of aryl methyl sites for hydroxylation is 4. The SMILES string of the molecule is Cc1cc2c(C)cccc2[cH-]1.Cc1cc2c(C)cccc2[cH-]1.[Cl][Ti]([Cl])=[Si]Cc1ccccc1. The van der Waals surface area contributed by atoms with Crippen molar-refractivity contribution in [3.8, 4) is 0 Å². The average molecular weight is 524 g/mol. The van der Waals surface area contributed by atoms with Crippen molar-refractivity contribution in [2.45, 2.75) is 33.7 Å². The summed E-state index contributed by atoms with van der Waals surface area (Å²) in [6, 6.07) is 33.2. The summed E-state index contributed by atoms with van der Waals surface area (Å²) >= 11 is -1.60. The summed E-state index contributed by atoms with van der Waals surface area (Å²) in [7, 11) is 11.5. The third-order valence-electron chi connectivity index (χ3n) is 5.50. The molecule has 4 heteroatoms. The van der Waals surface area contributed by atoms with Gasteiger partial charge in [-0.25, -0.2) is 0 Å². The summed E-state index contributed by atoms with van der Waals surface area (Å²) in [5.41, 5.74) is 6.80. The van der Waals surface area contributed by atoms with Crippen LogP contribution < -0.4 is 0 Å². The van der Waals surface area contributed by atoms with Gasteiger partial charge in [0.15, 0.2) is 0 Å². The molecule has 0 heterocycles. The van der Waals surface area contributed by atoms with Gasteiger partial charge < -0.3 is 0 Å². The second-order valence-electron chi connectivity index (χ2n) is 8.32. The Morgan fingerprint density at radius 3 is 1.58 bits per heavy atom. The molecule has 0 saturated heterocycles. The molecule has 0 unspecified atom stereocenters. The zero-order valence-corrected chi connectivity index (χ0v) is 23.7. The van der Waals surface area contributed by atoms with Gasteiger partial charge in [-0.2, -0.15) is 12.1 Å². The Morgan fingerprint density at radius 2 is 1.15 bits per heavy atom. The van der Waals surface area contributed by atoms with Crippen LogP contribution in [0.5, 0.6) is 0 Å². The monoisotopic (exact) mass is 523 g/mol. The van der Waals surface area contributed by atoms with Gasteiger partial charge in [-0.15, -0.1) is 69.1 Å². The van der Waals surface area contributed by atoms with Gasteiger partial charge in [-0.3, -0.25) is 0 Å². The van der Waals surface area contributed by atoms with Crippen LogP contribution >= 0.6 is 18.6 Å². The van der Waals surface area contributed by atoms with E-state index in [2.05, 4.69) is 100 Å². The predicted octanol–water partition coefficient (Wildman–Crippen LogP) is 9.08. The average Bonchev–Trinajstić information content (AvgIpc) is 3.37. The molecule has 0 aliphatic carbocycles. The van der Waals surface area contributed by atoms with E-state index in [4.69, 9.17) is 18.6 Å². The first-order chi connectivity index (χ1) is 15.8. The van der Waals surface area contributed by atoms with Crippen molar-refractivity contribution in [2.24, 2.45) is 0 Å². The van der Waals surface area contributed by atoms with E-state index in [1.54, 1.807) is 0 Å². The Bertz CT molecular complexity index is 1260. The van der Waals surface area contributed by atoms with Crippen LogP contribution in [0.1, 0.15) is 27.8 Å². The molecule has 0 nitrogen and oxygen atoms in total. The van der Waals surface area contributed by atoms with Crippen molar-refractivity contribution in [1.82, 2.24) is 0 Å². The van der Waals surface area contributed by atoms with E-state index in [-0.39, 0.29) is 0 Å². The van der Waals surface area contributed by atoms with Gasteiger partial charge in [-0.1, -0.05) is 37.1 Å². The van der Waals surface area contributed by atoms with E-state index in [9.17, 15) is 0 Å². The second-order valence-corrected chi connectivity index (χ2v) is 20.1. The number of halogens is 2. The minimum absolute atomic E-state index is 0.764. The van der Waals surface area contributed by atoms with E-state index < -0.39 is 14.5 Å². The summed E-state index contributed by atoms with van der Waals surface area (Å²) in [5, 5.41) is 5.51. The van der Waals surface area contributed by atoms with Crippen molar-refractivity contribution >= 4 is 47.1 Å². The Hall–Kier alpha value is -1.61. The number of benzene rings is 3. The van der Waals surface area contributed by atoms with Crippen molar-refractivity contribution in [3.63, 3.8) is 0 Å². The molecular weight excluding hydrogens is 495 g/mol. The molecule has 0 atom stereocenters. The van der Waals surface area contributed by atoms with Crippen LogP contribution in [0.25, 0.3) is 21.5 Å². The number of hydrogen-bond donors (Lipinski definition) is 0. The summed E-state index contributed by atoms with van der Waals surface area (Å²) in [6.45, 7) is 9.35. The van der Waals surface area contributed by atoms with E-state index in [1.165, 1.54) is 49.4 Å². The number of hydrogen-bond acceptors (Lipinski definition) is 0.